The largest absolute Gasteiger partial charge is 1.00 e. The summed E-state index contributed by atoms with van der Waals surface area (Å²) >= 11 is 0. The molecule has 6 N–H and O–H groups in total. The number of nitrogens with zero attached hydrogens (tertiary/aromatic N) is 10. The summed E-state index contributed by atoms with van der Waals surface area (Å²) in [4.78, 5) is 36.7. The van der Waals surface area contributed by atoms with Crippen molar-refractivity contribution in [1.82, 2.24) is 53.8 Å². The highest BCUT2D eigenvalue weighted by molar-refractivity contribution is 5.92. The number of aliphatic hydroxyl groups excluding tert-OH is 2. The smallest absolute Gasteiger partial charge is 0.356 e. The fourth-order valence-electron chi connectivity index (χ4n) is 9.40. The fourth-order valence-corrected chi connectivity index (χ4v) is 9.40. The van der Waals surface area contributed by atoms with Crippen LogP contribution in [0.4, 0.5) is 0 Å². The molecule has 0 bridgehead atoms. The molecule has 4 aliphatic rings. The van der Waals surface area contributed by atoms with Crippen molar-refractivity contribution in [1.29, 1.82) is 0 Å². The standard InChI is InChI=1S/C24H30N6O2.C12H14N4O2.C12H18N2O.HI/c1-28-12-20(10-26-28)19-6-7-23-27-22(16-30(23)14-19)24(32)25-11-21(31)15-29-9-8-17-4-2-3-5-18(17)13-29;1-15-5-9(4-13-15)8-2-3-11-14-10(12(17)18)7-16(11)6-8;13-7-12(15)9-14-6-5-10-3-1-2-4-11(10)8-14;/h2-5,10,12,16,19,21,31H,6-9,11,13-15H2,1H3,(H,25,32);4-5,7-8H,2-3,6H2,1H3,(H,17,18);1-4,12,15H,5-9,13H2;1H/p-1. The van der Waals surface area contributed by atoms with Gasteiger partial charge < -0.3 is 59.5 Å². The van der Waals surface area contributed by atoms with Gasteiger partial charge in [-0.25, -0.2) is 14.8 Å². The van der Waals surface area contributed by atoms with Gasteiger partial charge in [0.25, 0.3) is 5.91 Å². The van der Waals surface area contributed by atoms with E-state index >= 15 is 0 Å². The van der Waals surface area contributed by atoms with Crippen LogP contribution in [0, 0.1) is 0 Å². The van der Waals surface area contributed by atoms with Crippen LogP contribution in [0.5, 0.6) is 0 Å². The van der Waals surface area contributed by atoms with Gasteiger partial charge in [0.05, 0.1) is 24.6 Å². The molecule has 0 saturated carbocycles. The SMILES string of the molecule is Cn1cc(C2CCc3nc(C(=O)NCC(O)CN4CCc5ccccc5C4)cn3C2)cn1.Cn1cc(C2CCc3nc(C(=O)O)cn3C2)cn1.NCC(O)CN1CCc2ccccc2C1.[I-]. The minimum atomic E-state index is -0.963. The number of fused-ring (bicyclic) bond motifs is 4. The first-order valence-electron chi connectivity index (χ1n) is 22.7. The summed E-state index contributed by atoms with van der Waals surface area (Å²) in [6.45, 7) is 7.10. The molecule has 0 spiro atoms. The molecule has 352 valence electrons. The van der Waals surface area contributed by atoms with Crippen molar-refractivity contribution < 1.29 is 48.9 Å². The molecule has 6 aromatic rings. The maximum Gasteiger partial charge on any atom is 0.356 e. The van der Waals surface area contributed by atoms with Gasteiger partial charge in [0, 0.05) is 129 Å². The highest BCUT2D eigenvalue weighted by atomic mass is 127. The second-order valence-corrected chi connectivity index (χ2v) is 17.8. The molecular weight excluding hydrogens is 952 g/mol. The lowest BCUT2D eigenvalue weighted by atomic mass is 9.94. The van der Waals surface area contributed by atoms with Gasteiger partial charge in [-0.3, -0.25) is 24.0 Å². The summed E-state index contributed by atoms with van der Waals surface area (Å²) < 4.78 is 7.65. The molecule has 0 saturated heterocycles. The summed E-state index contributed by atoms with van der Waals surface area (Å²) in [5.74, 6) is 1.40. The number of benzene rings is 2. The number of carboxylic acid groups (broad SMARTS) is 1. The van der Waals surface area contributed by atoms with Crippen molar-refractivity contribution in [2.24, 2.45) is 19.8 Å². The van der Waals surface area contributed by atoms with Gasteiger partial charge in [-0.1, -0.05) is 48.5 Å². The van der Waals surface area contributed by atoms with Gasteiger partial charge >= 0.3 is 5.97 Å². The minimum Gasteiger partial charge on any atom is -1.00 e. The highest BCUT2D eigenvalue weighted by Crippen LogP contribution is 2.30. The number of hydrogen-bond donors (Lipinski definition) is 5. The number of imidazole rings is 2. The zero-order chi connectivity index (χ0) is 45.5. The third kappa shape index (κ3) is 12.4. The van der Waals surface area contributed by atoms with E-state index in [2.05, 4.69) is 94.6 Å². The lowest BCUT2D eigenvalue weighted by molar-refractivity contribution is -0.0000400. The van der Waals surface area contributed by atoms with E-state index < -0.39 is 18.2 Å². The molecule has 10 rings (SSSR count). The van der Waals surface area contributed by atoms with E-state index in [0.717, 1.165) is 89.4 Å². The van der Waals surface area contributed by atoms with Crippen LogP contribution in [-0.4, -0.2) is 127 Å². The van der Waals surface area contributed by atoms with Gasteiger partial charge in [-0.05, 0) is 59.1 Å². The molecule has 0 aliphatic carbocycles. The van der Waals surface area contributed by atoms with Crippen molar-refractivity contribution in [2.75, 3.05) is 39.3 Å². The topological polar surface area (TPSA) is 211 Å². The second kappa shape index (κ2) is 22.5. The van der Waals surface area contributed by atoms with E-state index in [1.54, 1.807) is 10.9 Å². The number of carbonyl (C=O) groups excluding carboxylic acids is 1. The number of aromatic nitrogens is 8. The number of rotatable bonds is 11. The van der Waals surface area contributed by atoms with E-state index in [1.807, 2.05) is 48.1 Å². The quantitative estimate of drug-likeness (QED) is 0.108. The predicted octanol–water partition coefficient (Wildman–Crippen LogP) is -0.0913. The highest BCUT2D eigenvalue weighted by Gasteiger charge is 2.26. The number of aryl methyl sites for hydroxylation is 4. The summed E-state index contributed by atoms with van der Waals surface area (Å²) in [6, 6.07) is 17.0. The van der Waals surface area contributed by atoms with Crippen LogP contribution in [0.15, 0.2) is 85.7 Å². The number of hydrogen-bond acceptors (Lipinski definition) is 11. The second-order valence-electron chi connectivity index (χ2n) is 17.8. The first-order chi connectivity index (χ1) is 31.5. The lowest BCUT2D eigenvalue weighted by Crippen LogP contribution is -3.00. The molecular formula is C48H62IN12O5-. The summed E-state index contributed by atoms with van der Waals surface area (Å²) in [5, 5.41) is 40.2. The van der Waals surface area contributed by atoms with Crippen LogP contribution in [0.3, 0.4) is 0 Å². The number of aromatic carboxylic acids is 1. The first kappa shape index (κ1) is 48.7. The molecule has 0 fully saturated rings. The number of amides is 1. The zero-order valence-corrected chi connectivity index (χ0v) is 39.9. The summed E-state index contributed by atoms with van der Waals surface area (Å²) in [7, 11) is 3.83. The van der Waals surface area contributed by atoms with Crippen molar-refractivity contribution in [2.45, 2.75) is 88.7 Å². The molecule has 4 unspecified atom stereocenters. The van der Waals surface area contributed by atoms with Gasteiger partial charge in [0.1, 0.15) is 17.3 Å². The normalized spacial score (nSPS) is 18.6. The third-order valence-electron chi connectivity index (χ3n) is 13.0. The maximum atomic E-state index is 12.7. The molecule has 4 aromatic heterocycles. The van der Waals surface area contributed by atoms with Gasteiger partial charge in [0.2, 0.25) is 0 Å². The predicted molar refractivity (Wildman–Crippen MR) is 244 cm³/mol. The van der Waals surface area contributed by atoms with Crippen LogP contribution in [0.25, 0.3) is 0 Å². The maximum absolute atomic E-state index is 12.7. The minimum absolute atomic E-state index is 0. The lowest BCUT2D eigenvalue weighted by Gasteiger charge is -2.30. The van der Waals surface area contributed by atoms with Crippen LogP contribution < -0.4 is 35.0 Å². The van der Waals surface area contributed by atoms with Crippen LogP contribution in [0.2, 0.25) is 0 Å². The Morgan fingerprint density at radius 1 is 0.697 bits per heavy atom. The molecule has 66 heavy (non-hydrogen) atoms. The number of halogens is 1. The van der Waals surface area contributed by atoms with Gasteiger partial charge in [-0.2, -0.15) is 10.2 Å². The average molecular weight is 1010 g/mol. The first-order valence-corrected chi connectivity index (χ1v) is 22.7. The number of nitrogens with two attached hydrogens (primary N) is 1. The number of carbonyl (C=O) groups is 2. The van der Waals surface area contributed by atoms with Crippen LogP contribution >= 0.6 is 0 Å². The molecule has 18 heteroatoms. The molecule has 4 aliphatic heterocycles. The third-order valence-corrected chi connectivity index (χ3v) is 13.0. The van der Waals surface area contributed by atoms with E-state index in [1.165, 1.54) is 33.4 Å². The number of β-amino-alcohol motifs (C(OH)–C–C–N with tert-alkyl or cyclic N) is 2. The Labute approximate surface area is 402 Å². The Balaban J connectivity index is 0.000000161. The summed E-state index contributed by atoms with van der Waals surface area (Å²) in [6.07, 6.45) is 16.0. The zero-order valence-electron chi connectivity index (χ0n) is 37.8. The Morgan fingerprint density at radius 3 is 1.64 bits per heavy atom. The monoisotopic (exact) mass is 1010 g/mol. The molecule has 1 amide bonds. The van der Waals surface area contributed by atoms with E-state index in [0.29, 0.717) is 37.2 Å². The Kier molecular flexibility index (Phi) is 16.6. The summed E-state index contributed by atoms with van der Waals surface area (Å²) in [5.41, 5.74) is 13.9. The fraction of sp³-hybridized carbons (Fsp3) is 0.458. The Bertz CT molecular complexity index is 2550. The van der Waals surface area contributed by atoms with Crippen LogP contribution in [0.1, 0.15) is 90.7 Å². The van der Waals surface area contributed by atoms with Crippen molar-refractivity contribution >= 4 is 11.9 Å². The number of aliphatic hydroxyl groups is 2. The number of carboxylic acids is 1. The Hall–Kier alpha value is -5.25. The molecule has 0 radical (unpaired) electrons. The van der Waals surface area contributed by atoms with E-state index in [-0.39, 0.29) is 42.1 Å². The number of nitrogens with one attached hydrogen (secondary N) is 1. The van der Waals surface area contributed by atoms with Crippen molar-refractivity contribution in [3.63, 3.8) is 0 Å². The molecule has 8 heterocycles. The molecule has 2 aromatic carbocycles. The molecule has 17 nitrogen and oxygen atoms in total. The van der Waals surface area contributed by atoms with Gasteiger partial charge in [0.15, 0.2) is 5.69 Å². The average Bonchev–Trinajstić information content (AvgIpc) is 4.15. The molecule has 4 atom stereocenters. The van der Waals surface area contributed by atoms with Gasteiger partial charge in [-0.15, -0.1) is 0 Å². The van der Waals surface area contributed by atoms with Crippen molar-refractivity contribution in [3.8, 4) is 0 Å². The van der Waals surface area contributed by atoms with E-state index in [9.17, 15) is 19.8 Å². The van der Waals surface area contributed by atoms with Crippen molar-refractivity contribution in [3.05, 3.63) is 142 Å². The Morgan fingerprint density at radius 2 is 1.17 bits per heavy atom. The van der Waals surface area contributed by atoms with Crippen LogP contribution in [-0.2, 0) is 66.0 Å². The van der Waals surface area contributed by atoms with E-state index in [4.69, 9.17) is 10.8 Å².